The Hall–Kier alpha value is -1.33. The van der Waals surface area contributed by atoms with E-state index < -0.39 is 7.12 Å². The number of aryl methyl sites for hydroxylation is 1. The van der Waals surface area contributed by atoms with Crippen molar-refractivity contribution in [2.45, 2.75) is 64.6 Å². The summed E-state index contributed by atoms with van der Waals surface area (Å²) in [7, 11) is -0.419. The fourth-order valence-corrected chi connectivity index (χ4v) is 2.56. The lowest BCUT2D eigenvalue weighted by Crippen LogP contribution is -2.47. The van der Waals surface area contributed by atoms with Crippen LogP contribution in [0.1, 0.15) is 46.6 Å². The molecule has 1 aliphatic rings. The van der Waals surface area contributed by atoms with Crippen LogP contribution in [0.2, 0.25) is 0 Å². The summed E-state index contributed by atoms with van der Waals surface area (Å²) in [4.78, 5) is 11.5. The first-order valence-corrected chi connectivity index (χ1v) is 7.88. The predicted molar refractivity (Wildman–Crippen MR) is 88.4 cm³/mol. The highest BCUT2D eigenvalue weighted by Crippen LogP contribution is 2.37. The molecule has 1 amide bonds. The van der Waals surface area contributed by atoms with E-state index in [1.807, 2.05) is 45.9 Å². The summed E-state index contributed by atoms with van der Waals surface area (Å²) in [6.07, 6.45) is 1.65. The van der Waals surface area contributed by atoms with Gasteiger partial charge in [0.25, 0.3) is 0 Å². The monoisotopic (exact) mass is 303 g/mol. The molecule has 0 unspecified atom stereocenters. The second-order valence-corrected chi connectivity index (χ2v) is 6.96. The van der Waals surface area contributed by atoms with Crippen LogP contribution in [-0.2, 0) is 20.5 Å². The number of hydrogen-bond donors (Lipinski definition) is 1. The van der Waals surface area contributed by atoms with Crippen molar-refractivity contribution in [3.63, 3.8) is 0 Å². The quantitative estimate of drug-likeness (QED) is 0.851. The smallest absolute Gasteiger partial charge is 0.402 e. The first-order valence-electron chi connectivity index (χ1n) is 7.88. The molecule has 120 valence electrons. The third kappa shape index (κ3) is 3.90. The second kappa shape index (κ2) is 6.43. The minimum absolute atomic E-state index is 0.0622. The molecule has 1 aromatic carbocycles. The number of nitrogens with one attached hydrogen (secondary N) is 1. The van der Waals surface area contributed by atoms with Crippen LogP contribution < -0.4 is 5.32 Å². The Kier molecular flexibility index (Phi) is 4.98. The fraction of sp³-hybridized carbons (Fsp3) is 0.588. The zero-order valence-electron chi connectivity index (χ0n) is 14.2. The molecular formula is C17H26BNO3. The fourth-order valence-electron chi connectivity index (χ4n) is 2.56. The van der Waals surface area contributed by atoms with Crippen LogP contribution in [0.5, 0.6) is 0 Å². The highest BCUT2D eigenvalue weighted by Gasteiger charge is 2.53. The van der Waals surface area contributed by atoms with E-state index in [9.17, 15) is 4.79 Å². The first-order chi connectivity index (χ1) is 10.2. The molecule has 0 spiro atoms. The van der Waals surface area contributed by atoms with Crippen molar-refractivity contribution in [2.75, 3.05) is 0 Å². The Balaban J connectivity index is 2.05. The number of benzene rings is 1. The molecule has 1 aliphatic heterocycles. The van der Waals surface area contributed by atoms with Gasteiger partial charge >= 0.3 is 7.12 Å². The molecule has 2 rings (SSSR count). The normalized spacial score (nSPS) is 20.7. The summed E-state index contributed by atoms with van der Waals surface area (Å²) in [5.74, 6) is -0.216. The molecule has 0 saturated carbocycles. The van der Waals surface area contributed by atoms with E-state index in [4.69, 9.17) is 9.31 Å². The highest BCUT2D eigenvalue weighted by molar-refractivity contribution is 6.48. The molecule has 1 aromatic rings. The number of carbonyl (C=O) groups is 1. The summed E-state index contributed by atoms with van der Waals surface area (Å²) < 4.78 is 12.2. The van der Waals surface area contributed by atoms with Gasteiger partial charge in [-0.2, -0.15) is 0 Å². The lowest BCUT2D eigenvalue weighted by molar-refractivity contribution is -0.119. The van der Waals surface area contributed by atoms with E-state index in [0.29, 0.717) is 0 Å². The van der Waals surface area contributed by atoms with Gasteiger partial charge in [-0.15, -0.1) is 0 Å². The zero-order chi connectivity index (χ0) is 16.4. The van der Waals surface area contributed by atoms with E-state index >= 15 is 0 Å². The number of carbonyl (C=O) groups excluding carboxylic acids is 1. The topological polar surface area (TPSA) is 47.6 Å². The standard InChI is InChI=1S/C17H26BNO3/c1-13(20)19-15(12-11-14-9-7-6-8-10-14)18-21-16(2,3)17(4,5)22-18/h6-10,15H,11-12H2,1-5H3,(H,19,20)/t15-/m1/s1. The highest BCUT2D eigenvalue weighted by atomic mass is 16.7. The summed E-state index contributed by atoms with van der Waals surface area (Å²) in [6, 6.07) is 10.2. The minimum Gasteiger partial charge on any atom is -0.402 e. The molecule has 1 atom stereocenters. The maximum Gasteiger partial charge on any atom is 0.481 e. The minimum atomic E-state index is -0.419. The Labute approximate surface area is 133 Å². The van der Waals surface area contributed by atoms with Gasteiger partial charge in [0.15, 0.2) is 0 Å². The summed E-state index contributed by atoms with van der Waals surface area (Å²) >= 11 is 0. The Bertz CT molecular complexity index is 500. The molecular weight excluding hydrogens is 277 g/mol. The average Bonchev–Trinajstić information content (AvgIpc) is 2.64. The van der Waals surface area contributed by atoms with Gasteiger partial charge in [-0.3, -0.25) is 4.79 Å². The Morgan fingerprint density at radius 1 is 1.14 bits per heavy atom. The lowest BCUT2D eigenvalue weighted by Gasteiger charge is -2.32. The van der Waals surface area contributed by atoms with Crippen molar-refractivity contribution < 1.29 is 14.1 Å². The molecule has 1 N–H and O–H groups in total. The van der Waals surface area contributed by atoms with Crippen LogP contribution in [0.4, 0.5) is 0 Å². The van der Waals surface area contributed by atoms with Gasteiger partial charge in [-0.25, -0.2) is 0 Å². The van der Waals surface area contributed by atoms with Crippen molar-refractivity contribution in [1.29, 1.82) is 0 Å². The molecule has 22 heavy (non-hydrogen) atoms. The van der Waals surface area contributed by atoms with Crippen LogP contribution >= 0.6 is 0 Å². The van der Waals surface area contributed by atoms with Gasteiger partial charge in [0, 0.05) is 6.92 Å². The van der Waals surface area contributed by atoms with E-state index in [0.717, 1.165) is 12.8 Å². The maximum absolute atomic E-state index is 11.5. The summed E-state index contributed by atoms with van der Waals surface area (Å²) in [5, 5.41) is 2.98. The van der Waals surface area contributed by atoms with Gasteiger partial charge in [0.1, 0.15) is 0 Å². The molecule has 0 bridgehead atoms. The van der Waals surface area contributed by atoms with Gasteiger partial charge in [-0.1, -0.05) is 30.3 Å². The van der Waals surface area contributed by atoms with E-state index in [2.05, 4.69) is 17.4 Å². The van der Waals surface area contributed by atoms with Crippen molar-refractivity contribution >= 4 is 13.0 Å². The van der Waals surface area contributed by atoms with E-state index in [1.165, 1.54) is 12.5 Å². The van der Waals surface area contributed by atoms with Crippen LogP contribution in [0.25, 0.3) is 0 Å². The maximum atomic E-state index is 11.5. The SMILES string of the molecule is CC(=O)N[C@H](CCc1ccccc1)B1OC(C)(C)C(C)(C)O1. The number of rotatable bonds is 5. The zero-order valence-corrected chi connectivity index (χ0v) is 14.2. The van der Waals surface area contributed by atoms with Gasteiger partial charge in [0.05, 0.1) is 17.1 Å². The van der Waals surface area contributed by atoms with Gasteiger partial charge < -0.3 is 14.6 Å². The number of hydrogen-bond acceptors (Lipinski definition) is 3. The van der Waals surface area contributed by atoms with Crippen LogP contribution in [0.15, 0.2) is 30.3 Å². The summed E-state index contributed by atoms with van der Waals surface area (Å²) in [6.45, 7) is 9.62. The van der Waals surface area contributed by atoms with E-state index in [1.54, 1.807) is 0 Å². The average molecular weight is 303 g/mol. The van der Waals surface area contributed by atoms with E-state index in [-0.39, 0.29) is 23.1 Å². The van der Waals surface area contributed by atoms with Crippen molar-refractivity contribution in [1.82, 2.24) is 5.32 Å². The predicted octanol–water partition coefficient (Wildman–Crippen LogP) is 2.76. The molecule has 4 nitrogen and oxygen atoms in total. The molecule has 1 saturated heterocycles. The molecule has 1 heterocycles. The van der Waals surface area contributed by atoms with Crippen molar-refractivity contribution in [3.05, 3.63) is 35.9 Å². The summed E-state index contributed by atoms with van der Waals surface area (Å²) in [5.41, 5.74) is 0.469. The van der Waals surface area contributed by atoms with Gasteiger partial charge in [0.2, 0.25) is 5.91 Å². The molecule has 0 aliphatic carbocycles. The first kappa shape index (κ1) is 17.0. The Morgan fingerprint density at radius 3 is 2.18 bits per heavy atom. The van der Waals surface area contributed by atoms with Crippen LogP contribution in [0, 0.1) is 0 Å². The molecule has 5 heteroatoms. The number of amides is 1. The molecule has 0 aromatic heterocycles. The van der Waals surface area contributed by atoms with Crippen LogP contribution in [-0.4, -0.2) is 30.2 Å². The largest absolute Gasteiger partial charge is 0.481 e. The third-order valence-corrected chi connectivity index (χ3v) is 4.58. The second-order valence-electron chi connectivity index (χ2n) is 6.96. The molecule has 0 radical (unpaired) electrons. The van der Waals surface area contributed by atoms with Crippen LogP contribution in [0.3, 0.4) is 0 Å². The van der Waals surface area contributed by atoms with Crippen molar-refractivity contribution in [3.8, 4) is 0 Å². The van der Waals surface area contributed by atoms with Gasteiger partial charge in [-0.05, 0) is 46.1 Å². The molecule has 1 fully saturated rings. The van der Waals surface area contributed by atoms with Crippen molar-refractivity contribution in [2.24, 2.45) is 0 Å². The lowest BCUT2D eigenvalue weighted by atomic mass is 9.75. The Morgan fingerprint density at radius 2 is 1.68 bits per heavy atom. The third-order valence-electron chi connectivity index (χ3n) is 4.58.